The maximum atomic E-state index is 13.7. The Labute approximate surface area is 171 Å². The van der Waals surface area contributed by atoms with Gasteiger partial charge in [0.25, 0.3) is 5.91 Å². The zero-order chi connectivity index (χ0) is 21.1. The summed E-state index contributed by atoms with van der Waals surface area (Å²) in [7, 11) is 0. The number of nitrogens with one attached hydrogen (secondary N) is 1. The van der Waals surface area contributed by atoms with E-state index in [4.69, 9.17) is 9.26 Å². The molecular formula is C23H17FN2O4. The molecule has 30 heavy (non-hydrogen) atoms. The summed E-state index contributed by atoms with van der Waals surface area (Å²) >= 11 is 0. The van der Waals surface area contributed by atoms with Crippen molar-refractivity contribution < 1.29 is 23.2 Å². The van der Waals surface area contributed by atoms with Gasteiger partial charge in [0, 0.05) is 5.56 Å². The molecule has 0 aliphatic carbocycles. The second kappa shape index (κ2) is 8.16. The lowest BCUT2D eigenvalue weighted by atomic mass is 10.1. The van der Waals surface area contributed by atoms with E-state index in [9.17, 15) is 14.0 Å². The average molecular weight is 404 g/mol. The van der Waals surface area contributed by atoms with Gasteiger partial charge < -0.3 is 14.6 Å². The SMILES string of the molecule is C[C@@H](OC(=O)c1ccc2noc(-c3ccccc3)c2c1)C(=O)Nc1ccccc1F. The molecule has 1 N–H and O–H groups in total. The molecule has 0 saturated carbocycles. The molecule has 0 aliphatic heterocycles. The first kappa shape index (κ1) is 19.3. The second-order valence-corrected chi connectivity index (χ2v) is 6.63. The Kier molecular flexibility index (Phi) is 5.26. The summed E-state index contributed by atoms with van der Waals surface area (Å²) in [5.41, 5.74) is 1.68. The smallest absolute Gasteiger partial charge is 0.338 e. The van der Waals surface area contributed by atoms with Gasteiger partial charge in [-0.05, 0) is 37.3 Å². The van der Waals surface area contributed by atoms with Crippen molar-refractivity contribution in [2.24, 2.45) is 0 Å². The van der Waals surface area contributed by atoms with Gasteiger partial charge in [-0.15, -0.1) is 0 Å². The van der Waals surface area contributed by atoms with Crippen LogP contribution in [0.15, 0.2) is 77.3 Å². The lowest BCUT2D eigenvalue weighted by Gasteiger charge is -2.14. The molecule has 0 fully saturated rings. The Morgan fingerprint density at radius 2 is 1.77 bits per heavy atom. The third kappa shape index (κ3) is 3.91. The molecule has 4 rings (SSSR count). The fourth-order valence-electron chi connectivity index (χ4n) is 2.95. The number of esters is 1. The Hall–Kier alpha value is -4.00. The molecule has 0 bridgehead atoms. The molecule has 1 amide bonds. The normalized spacial score (nSPS) is 11.8. The molecule has 1 heterocycles. The van der Waals surface area contributed by atoms with Crippen LogP contribution in [0.3, 0.4) is 0 Å². The van der Waals surface area contributed by atoms with Gasteiger partial charge in [-0.2, -0.15) is 0 Å². The maximum absolute atomic E-state index is 13.7. The molecule has 0 aliphatic rings. The predicted molar refractivity (Wildman–Crippen MR) is 109 cm³/mol. The van der Waals surface area contributed by atoms with Gasteiger partial charge in [0.05, 0.1) is 16.6 Å². The van der Waals surface area contributed by atoms with Gasteiger partial charge in [0.2, 0.25) is 0 Å². The van der Waals surface area contributed by atoms with Crippen molar-refractivity contribution >= 4 is 28.5 Å². The number of amides is 1. The number of ether oxygens (including phenoxy) is 1. The Bertz CT molecular complexity index is 1220. The summed E-state index contributed by atoms with van der Waals surface area (Å²) in [6.07, 6.45) is -1.12. The first-order chi connectivity index (χ1) is 14.5. The first-order valence-corrected chi connectivity index (χ1v) is 9.24. The number of anilines is 1. The monoisotopic (exact) mass is 404 g/mol. The van der Waals surface area contributed by atoms with E-state index in [0.29, 0.717) is 16.7 Å². The molecule has 1 aromatic heterocycles. The van der Waals surface area contributed by atoms with Crippen LogP contribution in [0.1, 0.15) is 17.3 Å². The molecule has 0 radical (unpaired) electrons. The molecule has 7 heteroatoms. The van der Waals surface area contributed by atoms with Crippen LogP contribution in [0.5, 0.6) is 0 Å². The van der Waals surface area contributed by atoms with E-state index in [1.807, 2.05) is 30.3 Å². The van der Waals surface area contributed by atoms with Crippen LogP contribution < -0.4 is 5.32 Å². The van der Waals surface area contributed by atoms with E-state index in [0.717, 1.165) is 5.56 Å². The van der Waals surface area contributed by atoms with E-state index < -0.39 is 23.8 Å². The minimum Gasteiger partial charge on any atom is -0.449 e. The first-order valence-electron chi connectivity index (χ1n) is 9.24. The number of carbonyl (C=O) groups is 2. The number of benzene rings is 3. The highest BCUT2D eigenvalue weighted by Gasteiger charge is 2.21. The summed E-state index contributed by atoms with van der Waals surface area (Å²) in [6, 6.07) is 19.9. The van der Waals surface area contributed by atoms with E-state index in [1.54, 1.807) is 24.3 Å². The predicted octanol–water partition coefficient (Wildman–Crippen LogP) is 4.82. The van der Waals surface area contributed by atoms with Crippen molar-refractivity contribution in [2.45, 2.75) is 13.0 Å². The number of nitrogens with zero attached hydrogens (tertiary/aromatic N) is 1. The van der Waals surface area contributed by atoms with Crippen LogP contribution in [-0.4, -0.2) is 23.1 Å². The highest BCUT2D eigenvalue weighted by atomic mass is 19.1. The number of carbonyl (C=O) groups excluding carboxylic acids is 2. The summed E-state index contributed by atoms with van der Waals surface area (Å²) in [6.45, 7) is 1.42. The quantitative estimate of drug-likeness (QED) is 0.483. The lowest BCUT2D eigenvalue weighted by Crippen LogP contribution is -2.30. The Balaban J connectivity index is 1.52. The van der Waals surface area contributed by atoms with E-state index in [-0.39, 0.29) is 11.3 Å². The van der Waals surface area contributed by atoms with Crippen LogP contribution in [-0.2, 0) is 9.53 Å². The van der Waals surface area contributed by atoms with E-state index in [1.165, 1.54) is 25.1 Å². The molecule has 3 aromatic carbocycles. The van der Waals surface area contributed by atoms with E-state index >= 15 is 0 Å². The molecule has 1 atom stereocenters. The van der Waals surface area contributed by atoms with Gasteiger partial charge in [-0.1, -0.05) is 47.6 Å². The molecular weight excluding hydrogens is 387 g/mol. The number of fused-ring (bicyclic) bond motifs is 1. The Morgan fingerprint density at radius 1 is 1.03 bits per heavy atom. The largest absolute Gasteiger partial charge is 0.449 e. The van der Waals surface area contributed by atoms with Gasteiger partial charge in [0.1, 0.15) is 11.3 Å². The van der Waals surface area contributed by atoms with Crippen molar-refractivity contribution in [3.05, 3.63) is 84.2 Å². The zero-order valence-corrected chi connectivity index (χ0v) is 16.0. The number of hydrogen-bond donors (Lipinski definition) is 1. The maximum Gasteiger partial charge on any atom is 0.338 e. The zero-order valence-electron chi connectivity index (χ0n) is 16.0. The van der Waals surface area contributed by atoms with Gasteiger partial charge in [-0.25, -0.2) is 9.18 Å². The van der Waals surface area contributed by atoms with Crippen molar-refractivity contribution in [2.75, 3.05) is 5.32 Å². The second-order valence-electron chi connectivity index (χ2n) is 6.63. The number of hydrogen-bond acceptors (Lipinski definition) is 5. The van der Waals surface area contributed by atoms with Crippen LogP contribution in [0, 0.1) is 5.82 Å². The van der Waals surface area contributed by atoms with E-state index in [2.05, 4.69) is 10.5 Å². The fourth-order valence-corrected chi connectivity index (χ4v) is 2.95. The van der Waals surface area contributed by atoms with Crippen LogP contribution in [0.4, 0.5) is 10.1 Å². The minimum atomic E-state index is -1.12. The summed E-state index contributed by atoms with van der Waals surface area (Å²) in [4.78, 5) is 24.8. The minimum absolute atomic E-state index is 0.0174. The van der Waals surface area contributed by atoms with Crippen molar-refractivity contribution in [3.8, 4) is 11.3 Å². The fraction of sp³-hybridized carbons (Fsp3) is 0.0870. The number of para-hydroxylation sites is 1. The summed E-state index contributed by atoms with van der Waals surface area (Å²) in [5, 5.41) is 7.07. The van der Waals surface area contributed by atoms with Crippen LogP contribution in [0.25, 0.3) is 22.2 Å². The molecule has 0 spiro atoms. The average Bonchev–Trinajstić information content (AvgIpc) is 3.19. The molecule has 6 nitrogen and oxygen atoms in total. The highest BCUT2D eigenvalue weighted by molar-refractivity contribution is 6.00. The number of halogens is 1. The highest BCUT2D eigenvalue weighted by Crippen LogP contribution is 2.29. The lowest BCUT2D eigenvalue weighted by molar-refractivity contribution is -0.123. The Morgan fingerprint density at radius 3 is 2.53 bits per heavy atom. The van der Waals surface area contributed by atoms with Crippen molar-refractivity contribution in [1.29, 1.82) is 0 Å². The van der Waals surface area contributed by atoms with Crippen molar-refractivity contribution in [1.82, 2.24) is 5.16 Å². The summed E-state index contributed by atoms with van der Waals surface area (Å²) in [5.74, 6) is -1.36. The van der Waals surface area contributed by atoms with Gasteiger partial charge in [0.15, 0.2) is 11.9 Å². The number of aromatic nitrogens is 1. The molecule has 4 aromatic rings. The molecule has 150 valence electrons. The third-order valence-electron chi connectivity index (χ3n) is 4.53. The standard InChI is InChI=1S/C23H17FN2O4/c1-14(22(27)25-20-10-6-5-9-18(20)24)29-23(28)16-11-12-19-17(13-16)21(30-26-19)15-7-3-2-4-8-15/h2-14H,1H3,(H,25,27)/t14-/m1/s1. The molecule has 0 unspecified atom stereocenters. The van der Waals surface area contributed by atoms with Gasteiger partial charge >= 0.3 is 5.97 Å². The van der Waals surface area contributed by atoms with Crippen LogP contribution in [0.2, 0.25) is 0 Å². The molecule has 0 saturated heterocycles. The van der Waals surface area contributed by atoms with Gasteiger partial charge in [-0.3, -0.25) is 4.79 Å². The third-order valence-corrected chi connectivity index (χ3v) is 4.53. The number of rotatable bonds is 5. The van der Waals surface area contributed by atoms with Crippen molar-refractivity contribution in [3.63, 3.8) is 0 Å². The topological polar surface area (TPSA) is 81.4 Å². The summed E-state index contributed by atoms with van der Waals surface area (Å²) < 4.78 is 24.4. The van der Waals surface area contributed by atoms with Crippen LogP contribution >= 0.6 is 0 Å².